The Hall–Kier alpha value is -0.610. The summed E-state index contributed by atoms with van der Waals surface area (Å²) in [5.41, 5.74) is -0.455. The van der Waals surface area contributed by atoms with E-state index >= 15 is 0 Å². The number of aliphatic hydroxyl groups excluding tert-OH is 1. The van der Waals surface area contributed by atoms with Crippen LogP contribution >= 0.6 is 0 Å². The van der Waals surface area contributed by atoms with Gasteiger partial charge in [-0.05, 0) is 101 Å². The van der Waals surface area contributed by atoms with Crippen LogP contribution in [0.15, 0.2) is 0 Å². The third-order valence-corrected chi connectivity index (χ3v) is 7.80. The molecule has 8 unspecified atom stereocenters. The molecule has 0 spiro atoms. The molecule has 0 aromatic rings. The zero-order valence-corrected chi connectivity index (χ0v) is 20.7. The number of aliphatic hydroxyl groups is 1. The molecule has 8 atom stereocenters. The standard InChI is InChI=1S/C26H48O4/c1-8-20(22-9-11-23(27)18(3)14-22)13-17(2)21-10-12-24(19(4)15-21)29-16-25(28)30-26(5,6)7/h17-24,27H,8-16H2,1-7H3. The van der Waals surface area contributed by atoms with E-state index in [-0.39, 0.29) is 24.8 Å². The van der Waals surface area contributed by atoms with Crippen LogP contribution in [0, 0.1) is 35.5 Å². The van der Waals surface area contributed by atoms with Crippen molar-refractivity contribution in [3.05, 3.63) is 0 Å². The summed E-state index contributed by atoms with van der Waals surface area (Å²) in [6.07, 6.45) is 9.43. The second-order valence-corrected chi connectivity index (χ2v) is 11.5. The molecule has 0 bridgehead atoms. The number of esters is 1. The first-order chi connectivity index (χ1) is 14.0. The molecule has 4 heteroatoms. The lowest BCUT2D eigenvalue weighted by molar-refractivity contribution is -0.164. The third kappa shape index (κ3) is 7.82. The molecular formula is C26H48O4. The zero-order chi connectivity index (χ0) is 22.5. The second kappa shape index (κ2) is 11.3. The smallest absolute Gasteiger partial charge is 0.332 e. The Morgan fingerprint density at radius 3 is 2.23 bits per heavy atom. The van der Waals surface area contributed by atoms with E-state index < -0.39 is 5.60 Å². The number of rotatable bonds is 8. The van der Waals surface area contributed by atoms with Crippen molar-refractivity contribution in [2.24, 2.45) is 35.5 Å². The number of ether oxygens (including phenoxy) is 2. The van der Waals surface area contributed by atoms with Gasteiger partial charge in [-0.1, -0.05) is 34.1 Å². The summed E-state index contributed by atoms with van der Waals surface area (Å²) in [5, 5.41) is 10.1. The Labute approximate surface area is 185 Å². The molecule has 0 aromatic carbocycles. The second-order valence-electron chi connectivity index (χ2n) is 11.5. The molecule has 2 rings (SSSR count). The maximum absolute atomic E-state index is 12.0. The number of carbonyl (C=O) groups excluding carboxylic acids is 1. The topological polar surface area (TPSA) is 55.8 Å². The van der Waals surface area contributed by atoms with Crippen molar-refractivity contribution in [1.82, 2.24) is 0 Å². The highest BCUT2D eigenvalue weighted by Crippen LogP contribution is 2.42. The molecule has 0 heterocycles. The first-order valence-corrected chi connectivity index (χ1v) is 12.5. The molecule has 2 aliphatic carbocycles. The molecule has 176 valence electrons. The highest BCUT2D eigenvalue weighted by Gasteiger charge is 2.35. The molecule has 2 fully saturated rings. The minimum atomic E-state index is -0.455. The molecule has 2 aliphatic rings. The zero-order valence-electron chi connectivity index (χ0n) is 20.7. The minimum Gasteiger partial charge on any atom is -0.458 e. The largest absolute Gasteiger partial charge is 0.458 e. The molecule has 1 N–H and O–H groups in total. The predicted octanol–water partition coefficient (Wildman–Crippen LogP) is 6.00. The summed E-state index contributed by atoms with van der Waals surface area (Å²) in [6.45, 7) is 15.0. The fourth-order valence-corrected chi connectivity index (χ4v) is 5.93. The number of carbonyl (C=O) groups is 1. The average Bonchev–Trinajstić information content (AvgIpc) is 2.65. The molecule has 0 aliphatic heterocycles. The van der Waals surface area contributed by atoms with Crippen LogP contribution in [0.5, 0.6) is 0 Å². The Morgan fingerprint density at radius 2 is 1.67 bits per heavy atom. The van der Waals surface area contributed by atoms with E-state index in [4.69, 9.17) is 9.47 Å². The van der Waals surface area contributed by atoms with Gasteiger partial charge in [-0.25, -0.2) is 4.79 Å². The maximum atomic E-state index is 12.0. The molecule has 0 radical (unpaired) electrons. The molecule has 30 heavy (non-hydrogen) atoms. The van der Waals surface area contributed by atoms with E-state index in [1.54, 1.807) is 0 Å². The van der Waals surface area contributed by atoms with Gasteiger partial charge in [0, 0.05) is 0 Å². The quantitative estimate of drug-likeness (QED) is 0.486. The van der Waals surface area contributed by atoms with Crippen molar-refractivity contribution in [2.75, 3.05) is 6.61 Å². The van der Waals surface area contributed by atoms with E-state index in [2.05, 4.69) is 27.7 Å². The van der Waals surface area contributed by atoms with Gasteiger partial charge < -0.3 is 14.6 Å². The minimum absolute atomic E-state index is 0.0656. The molecule has 0 aromatic heterocycles. The van der Waals surface area contributed by atoms with Crippen molar-refractivity contribution in [1.29, 1.82) is 0 Å². The van der Waals surface area contributed by atoms with Gasteiger partial charge in [0.05, 0.1) is 12.2 Å². The number of hydrogen-bond acceptors (Lipinski definition) is 4. The monoisotopic (exact) mass is 424 g/mol. The van der Waals surface area contributed by atoms with E-state index in [1.807, 2.05) is 20.8 Å². The van der Waals surface area contributed by atoms with Crippen LogP contribution in [0.4, 0.5) is 0 Å². The third-order valence-electron chi connectivity index (χ3n) is 7.80. The van der Waals surface area contributed by atoms with Crippen LogP contribution in [-0.2, 0) is 14.3 Å². The van der Waals surface area contributed by atoms with Gasteiger partial charge in [-0.15, -0.1) is 0 Å². The van der Waals surface area contributed by atoms with Gasteiger partial charge in [-0.2, -0.15) is 0 Å². The first kappa shape index (κ1) is 25.6. The Balaban J connectivity index is 1.79. The van der Waals surface area contributed by atoms with Crippen LogP contribution in [0.2, 0.25) is 0 Å². The van der Waals surface area contributed by atoms with Gasteiger partial charge in [0.15, 0.2) is 0 Å². The van der Waals surface area contributed by atoms with Gasteiger partial charge in [0.1, 0.15) is 12.2 Å². The Kier molecular flexibility index (Phi) is 9.67. The fraction of sp³-hybridized carbons (Fsp3) is 0.962. The van der Waals surface area contributed by atoms with E-state index in [0.29, 0.717) is 11.8 Å². The van der Waals surface area contributed by atoms with Crippen LogP contribution in [0.3, 0.4) is 0 Å². The van der Waals surface area contributed by atoms with Crippen LogP contribution in [-0.4, -0.2) is 35.5 Å². The van der Waals surface area contributed by atoms with Gasteiger partial charge >= 0.3 is 5.97 Å². The fourth-order valence-electron chi connectivity index (χ4n) is 5.93. The molecule has 2 saturated carbocycles. The van der Waals surface area contributed by atoms with Gasteiger partial charge in [-0.3, -0.25) is 0 Å². The highest BCUT2D eigenvalue weighted by molar-refractivity contribution is 5.71. The van der Waals surface area contributed by atoms with Crippen LogP contribution in [0.25, 0.3) is 0 Å². The Morgan fingerprint density at radius 1 is 1.03 bits per heavy atom. The molecular weight excluding hydrogens is 376 g/mol. The van der Waals surface area contributed by atoms with Gasteiger partial charge in [0.25, 0.3) is 0 Å². The number of hydrogen-bond donors (Lipinski definition) is 1. The lowest BCUT2D eigenvalue weighted by Gasteiger charge is -2.40. The predicted molar refractivity (Wildman–Crippen MR) is 122 cm³/mol. The van der Waals surface area contributed by atoms with E-state index in [1.165, 1.54) is 38.5 Å². The summed E-state index contributed by atoms with van der Waals surface area (Å²) >= 11 is 0. The Bertz CT molecular complexity index is 526. The molecule has 0 saturated heterocycles. The lowest BCUT2D eigenvalue weighted by atomic mass is 9.67. The van der Waals surface area contributed by atoms with Crippen molar-refractivity contribution in [3.8, 4) is 0 Å². The van der Waals surface area contributed by atoms with E-state index in [0.717, 1.165) is 36.5 Å². The maximum Gasteiger partial charge on any atom is 0.332 e. The van der Waals surface area contributed by atoms with Crippen LogP contribution in [0.1, 0.15) is 99.8 Å². The van der Waals surface area contributed by atoms with Crippen molar-refractivity contribution in [2.45, 2.75) is 118 Å². The van der Waals surface area contributed by atoms with Crippen LogP contribution < -0.4 is 0 Å². The van der Waals surface area contributed by atoms with E-state index in [9.17, 15) is 9.90 Å². The molecule has 4 nitrogen and oxygen atoms in total. The van der Waals surface area contributed by atoms with Crippen molar-refractivity contribution >= 4 is 5.97 Å². The summed E-state index contributed by atoms with van der Waals surface area (Å²) in [4.78, 5) is 12.0. The summed E-state index contributed by atoms with van der Waals surface area (Å²) < 4.78 is 11.3. The summed E-state index contributed by atoms with van der Waals surface area (Å²) in [6, 6.07) is 0. The van der Waals surface area contributed by atoms with Crippen molar-refractivity contribution in [3.63, 3.8) is 0 Å². The molecule has 0 amide bonds. The average molecular weight is 425 g/mol. The normalized spacial score (nSPS) is 34.9. The highest BCUT2D eigenvalue weighted by atomic mass is 16.6. The summed E-state index contributed by atoms with van der Waals surface area (Å²) in [5.74, 6) is 3.72. The van der Waals surface area contributed by atoms with Gasteiger partial charge in [0.2, 0.25) is 0 Å². The lowest BCUT2D eigenvalue weighted by Crippen LogP contribution is -2.36. The summed E-state index contributed by atoms with van der Waals surface area (Å²) in [7, 11) is 0. The first-order valence-electron chi connectivity index (χ1n) is 12.5. The SMILES string of the molecule is CCC(CC(C)C1CCC(OCC(=O)OC(C)(C)C)C(C)C1)C1CCC(O)C(C)C1. The van der Waals surface area contributed by atoms with Crippen molar-refractivity contribution < 1.29 is 19.4 Å².